The Labute approximate surface area is 273 Å². The van der Waals surface area contributed by atoms with Gasteiger partial charge >= 0.3 is 0 Å². The van der Waals surface area contributed by atoms with Crippen LogP contribution in [-0.4, -0.2) is 32.1 Å². The molecule has 0 spiro atoms. The minimum Gasteiger partial charge on any atom is -1.00 e. The summed E-state index contributed by atoms with van der Waals surface area (Å²) in [6, 6.07) is 0. The van der Waals surface area contributed by atoms with E-state index in [1.165, 1.54) is 193 Å². The van der Waals surface area contributed by atoms with Gasteiger partial charge in [-0.15, -0.1) is 0 Å². The second-order valence-corrected chi connectivity index (χ2v) is 13.5. The number of quaternary nitrogens is 1. The highest BCUT2D eigenvalue weighted by atomic mass is 35.5. The summed E-state index contributed by atoms with van der Waals surface area (Å²) in [5.74, 6) is 0. The molecule has 0 saturated heterocycles. The SMILES string of the molecule is CCCCCCCCCCCCCCCCCCO[N+](C)(C)OCCCCCCCCCCCCCCCCCC.[Cl-]. The first kappa shape index (κ1) is 44.3. The molecule has 0 aromatic heterocycles. The van der Waals surface area contributed by atoms with Crippen LogP contribution in [0.4, 0.5) is 0 Å². The summed E-state index contributed by atoms with van der Waals surface area (Å²) in [6.45, 7) is 6.22. The van der Waals surface area contributed by atoms with Crippen LogP contribution in [-0.2, 0) is 9.68 Å². The van der Waals surface area contributed by atoms with E-state index in [2.05, 4.69) is 13.8 Å². The van der Waals surface area contributed by atoms with Crippen LogP contribution in [0.15, 0.2) is 0 Å². The average molecular weight is 619 g/mol. The topological polar surface area (TPSA) is 18.5 Å². The van der Waals surface area contributed by atoms with Crippen molar-refractivity contribution < 1.29 is 26.9 Å². The zero-order valence-electron chi connectivity index (χ0n) is 29.7. The molecule has 4 heteroatoms. The van der Waals surface area contributed by atoms with Crippen molar-refractivity contribution in [3.63, 3.8) is 0 Å². The largest absolute Gasteiger partial charge is 1.00 e. The Morgan fingerprint density at radius 1 is 0.286 bits per heavy atom. The van der Waals surface area contributed by atoms with E-state index in [9.17, 15) is 0 Å². The maximum Gasteiger partial charge on any atom is 0.132 e. The zero-order chi connectivity index (χ0) is 30.0. The second kappa shape index (κ2) is 37.4. The van der Waals surface area contributed by atoms with Gasteiger partial charge in [0.2, 0.25) is 0 Å². The Kier molecular flexibility index (Phi) is 39.4. The number of rotatable bonds is 36. The minimum absolute atomic E-state index is 0. The highest BCUT2D eigenvalue weighted by molar-refractivity contribution is 4.51. The summed E-state index contributed by atoms with van der Waals surface area (Å²) < 4.78 is 0. The molecule has 0 aromatic rings. The predicted molar refractivity (Wildman–Crippen MR) is 183 cm³/mol. The molecule has 0 atom stereocenters. The van der Waals surface area contributed by atoms with Crippen molar-refractivity contribution in [3.8, 4) is 0 Å². The van der Waals surface area contributed by atoms with Gasteiger partial charge < -0.3 is 12.4 Å². The molecular weight excluding hydrogens is 538 g/mol. The summed E-state index contributed by atoms with van der Waals surface area (Å²) in [5.41, 5.74) is 0. The van der Waals surface area contributed by atoms with E-state index < -0.39 is 0 Å². The van der Waals surface area contributed by atoms with Crippen LogP contribution in [0, 0.1) is 0 Å². The lowest BCUT2D eigenvalue weighted by molar-refractivity contribution is -1.22. The van der Waals surface area contributed by atoms with E-state index in [-0.39, 0.29) is 17.2 Å². The number of nitrogens with zero attached hydrogens (tertiary/aromatic N) is 1. The predicted octanol–water partition coefficient (Wildman–Crippen LogP) is 10.5. The van der Waals surface area contributed by atoms with Gasteiger partial charge in [0.05, 0.1) is 0 Å². The van der Waals surface area contributed by atoms with Crippen molar-refractivity contribution in [2.24, 2.45) is 0 Å². The monoisotopic (exact) mass is 618 g/mol. The summed E-state index contributed by atoms with van der Waals surface area (Å²) in [7, 11) is 4.05. The van der Waals surface area contributed by atoms with Gasteiger partial charge in [0.15, 0.2) is 0 Å². The first-order valence-electron chi connectivity index (χ1n) is 19.3. The number of hydrogen-bond acceptors (Lipinski definition) is 2. The molecular formula is C38H80ClNO2. The lowest BCUT2D eigenvalue weighted by Crippen LogP contribution is -3.00. The second-order valence-electron chi connectivity index (χ2n) is 13.5. The van der Waals surface area contributed by atoms with Crippen LogP contribution in [0.1, 0.15) is 219 Å². The van der Waals surface area contributed by atoms with Crippen LogP contribution in [0.3, 0.4) is 0 Å². The zero-order valence-corrected chi connectivity index (χ0v) is 30.4. The molecule has 0 bridgehead atoms. The fourth-order valence-electron chi connectivity index (χ4n) is 5.91. The first-order valence-corrected chi connectivity index (χ1v) is 19.3. The molecule has 0 unspecified atom stereocenters. The van der Waals surface area contributed by atoms with Gasteiger partial charge in [-0.3, -0.25) is 0 Å². The quantitative estimate of drug-likeness (QED) is 0.0395. The van der Waals surface area contributed by atoms with Crippen molar-refractivity contribution in [1.82, 2.24) is 0 Å². The summed E-state index contributed by atoms with van der Waals surface area (Å²) in [4.78, 5) is 12.2. The minimum atomic E-state index is 0. The third-order valence-corrected chi connectivity index (χ3v) is 8.80. The third-order valence-electron chi connectivity index (χ3n) is 8.80. The lowest BCUT2D eigenvalue weighted by Gasteiger charge is -2.24. The van der Waals surface area contributed by atoms with E-state index in [0.29, 0.717) is 0 Å². The summed E-state index contributed by atoms with van der Waals surface area (Å²) in [6.07, 6.45) is 45.0. The van der Waals surface area contributed by atoms with Gasteiger partial charge in [-0.1, -0.05) is 206 Å². The van der Waals surface area contributed by atoms with Crippen molar-refractivity contribution in [3.05, 3.63) is 0 Å². The highest BCUT2D eigenvalue weighted by Crippen LogP contribution is 2.16. The number of unbranched alkanes of at least 4 members (excludes halogenated alkanes) is 30. The summed E-state index contributed by atoms with van der Waals surface area (Å²) >= 11 is 0. The van der Waals surface area contributed by atoms with Crippen molar-refractivity contribution in [1.29, 1.82) is 0 Å². The Balaban J connectivity index is 0. The van der Waals surface area contributed by atoms with E-state index in [1.807, 2.05) is 14.1 Å². The van der Waals surface area contributed by atoms with Gasteiger partial charge in [0, 0.05) is 0 Å². The Morgan fingerprint density at radius 3 is 0.643 bits per heavy atom. The van der Waals surface area contributed by atoms with Gasteiger partial charge in [-0.25, -0.2) is 0 Å². The molecule has 0 fully saturated rings. The van der Waals surface area contributed by atoms with Crippen LogP contribution >= 0.6 is 0 Å². The normalized spacial score (nSPS) is 11.7. The standard InChI is InChI=1S/C38H80NO2.ClH/c1-5-7-9-11-13-15-17-19-21-23-25-27-29-31-33-35-37-40-39(3,4)41-38-36-34-32-30-28-26-24-22-20-18-16-14-12-10-8-6-2;/h5-38H2,1-4H3;1H/q+1;/p-1. The summed E-state index contributed by atoms with van der Waals surface area (Å²) in [5, 5.41) is 0. The number of hydroxylamine groups is 4. The van der Waals surface area contributed by atoms with Gasteiger partial charge in [0.1, 0.15) is 27.3 Å². The molecule has 0 N–H and O–H groups in total. The van der Waals surface area contributed by atoms with E-state index in [1.54, 1.807) is 0 Å². The molecule has 0 radical (unpaired) electrons. The fourth-order valence-corrected chi connectivity index (χ4v) is 5.91. The highest BCUT2D eigenvalue weighted by Gasteiger charge is 2.17. The van der Waals surface area contributed by atoms with E-state index >= 15 is 0 Å². The molecule has 42 heavy (non-hydrogen) atoms. The number of hydrogen-bond donors (Lipinski definition) is 0. The Morgan fingerprint density at radius 2 is 0.452 bits per heavy atom. The van der Waals surface area contributed by atoms with E-state index in [0.717, 1.165) is 26.1 Å². The van der Waals surface area contributed by atoms with Crippen molar-refractivity contribution in [2.45, 2.75) is 219 Å². The molecule has 0 amide bonds. The molecule has 0 heterocycles. The molecule has 3 nitrogen and oxygen atoms in total. The van der Waals surface area contributed by atoms with Crippen molar-refractivity contribution in [2.75, 3.05) is 27.3 Å². The maximum absolute atomic E-state index is 5.99. The van der Waals surface area contributed by atoms with Gasteiger partial charge in [-0.05, 0) is 17.7 Å². The van der Waals surface area contributed by atoms with Gasteiger partial charge in [-0.2, -0.15) is 9.68 Å². The molecule has 0 rings (SSSR count). The van der Waals surface area contributed by atoms with Gasteiger partial charge in [0.25, 0.3) is 0 Å². The maximum atomic E-state index is 5.99. The fraction of sp³-hybridized carbons (Fsp3) is 1.00. The van der Waals surface area contributed by atoms with Crippen LogP contribution < -0.4 is 12.4 Å². The van der Waals surface area contributed by atoms with Crippen LogP contribution in [0.5, 0.6) is 0 Å². The smallest absolute Gasteiger partial charge is 0.132 e. The van der Waals surface area contributed by atoms with E-state index in [4.69, 9.17) is 9.68 Å². The first-order chi connectivity index (χ1) is 20.1. The third kappa shape index (κ3) is 38.2. The van der Waals surface area contributed by atoms with Crippen LogP contribution in [0.2, 0.25) is 0 Å². The molecule has 0 aromatic carbocycles. The van der Waals surface area contributed by atoms with Crippen LogP contribution in [0.25, 0.3) is 0 Å². The molecule has 0 aliphatic heterocycles. The average Bonchev–Trinajstić information content (AvgIpc) is 2.96. The van der Waals surface area contributed by atoms with Crippen molar-refractivity contribution >= 4 is 0 Å². The number of halogens is 1. The Hall–Kier alpha value is 0.170. The molecule has 0 aliphatic carbocycles. The lowest BCUT2D eigenvalue weighted by atomic mass is 10.0. The Bertz CT molecular complexity index is 434. The molecule has 0 saturated carbocycles. The molecule has 0 aliphatic rings. The molecule has 256 valence electrons.